The third-order valence-electron chi connectivity index (χ3n) is 4.37. The molecule has 0 aromatic heterocycles. The fourth-order valence-electron chi connectivity index (χ4n) is 3.30. The lowest BCUT2D eigenvalue weighted by Crippen LogP contribution is -2.39. The summed E-state index contributed by atoms with van der Waals surface area (Å²) in [6.45, 7) is 2.78. The van der Waals surface area contributed by atoms with E-state index in [0.717, 1.165) is 12.8 Å². The van der Waals surface area contributed by atoms with Gasteiger partial charge in [-0.05, 0) is 24.3 Å². The van der Waals surface area contributed by atoms with Gasteiger partial charge in [0.05, 0.1) is 0 Å². The molecular formula is C16H21BN2O. The molecule has 3 rings (SSSR count). The Balaban J connectivity index is 2.02. The summed E-state index contributed by atoms with van der Waals surface area (Å²) in [5, 5.41) is 0. The van der Waals surface area contributed by atoms with Crippen molar-refractivity contribution in [3.05, 3.63) is 47.5 Å². The molecule has 0 radical (unpaired) electrons. The molecule has 2 aliphatic carbocycles. The van der Waals surface area contributed by atoms with Crippen molar-refractivity contribution in [2.24, 2.45) is 22.6 Å². The molecule has 1 aliphatic heterocycles. The summed E-state index contributed by atoms with van der Waals surface area (Å²) >= 11 is 0. The van der Waals surface area contributed by atoms with Crippen LogP contribution >= 0.6 is 0 Å². The van der Waals surface area contributed by atoms with Gasteiger partial charge in [-0.15, -0.1) is 0 Å². The largest absolute Gasteiger partial charge is 0.462 e. The molecule has 104 valence electrons. The Bertz CT molecular complexity index is 559. The summed E-state index contributed by atoms with van der Waals surface area (Å²) in [4.78, 5) is 4.71. The molecule has 0 amide bonds. The number of amidine groups is 1. The molecule has 0 bridgehead atoms. The van der Waals surface area contributed by atoms with Crippen LogP contribution in [0.15, 0.2) is 52.5 Å². The van der Waals surface area contributed by atoms with Crippen LogP contribution in [0.4, 0.5) is 0 Å². The number of hydrogen-bond acceptors (Lipinski definition) is 3. The van der Waals surface area contributed by atoms with Gasteiger partial charge in [0.15, 0.2) is 0 Å². The van der Waals surface area contributed by atoms with Crippen molar-refractivity contribution in [3.8, 4) is 0 Å². The van der Waals surface area contributed by atoms with Gasteiger partial charge in [0.2, 0.25) is 0 Å². The van der Waals surface area contributed by atoms with Gasteiger partial charge in [-0.25, -0.2) is 4.99 Å². The van der Waals surface area contributed by atoms with Gasteiger partial charge in [0, 0.05) is 5.92 Å². The average molecular weight is 268 g/mol. The van der Waals surface area contributed by atoms with Crippen molar-refractivity contribution in [2.45, 2.75) is 25.3 Å². The van der Waals surface area contributed by atoms with Gasteiger partial charge in [-0.3, -0.25) is 0 Å². The zero-order valence-corrected chi connectivity index (χ0v) is 12.2. The number of hydrogen-bond donors (Lipinski definition) is 1. The second-order valence-corrected chi connectivity index (χ2v) is 6.06. The van der Waals surface area contributed by atoms with E-state index >= 15 is 0 Å². The molecule has 20 heavy (non-hydrogen) atoms. The van der Waals surface area contributed by atoms with Crippen LogP contribution in [0, 0.1) is 11.8 Å². The van der Waals surface area contributed by atoms with E-state index in [4.69, 9.17) is 15.5 Å². The molecule has 0 saturated heterocycles. The highest BCUT2D eigenvalue weighted by Crippen LogP contribution is 2.41. The molecule has 3 aliphatic rings. The highest BCUT2D eigenvalue weighted by atomic mass is 16.5. The van der Waals surface area contributed by atoms with Gasteiger partial charge in [0.1, 0.15) is 20.0 Å². The lowest BCUT2D eigenvalue weighted by molar-refractivity contribution is 0.240. The SMILES string of the molecule is BC1=CC(C2(C3=CC(C)CC=C3)COC(N)=N2)CC=C1. The molecule has 0 spiro atoms. The predicted octanol–water partition coefficient (Wildman–Crippen LogP) is 1.69. The van der Waals surface area contributed by atoms with E-state index in [2.05, 4.69) is 51.2 Å². The lowest BCUT2D eigenvalue weighted by atomic mass is 9.71. The Morgan fingerprint density at radius 1 is 1.30 bits per heavy atom. The van der Waals surface area contributed by atoms with E-state index < -0.39 is 0 Å². The van der Waals surface area contributed by atoms with Crippen molar-refractivity contribution in [2.75, 3.05) is 6.61 Å². The Labute approximate surface area is 121 Å². The quantitative estimate of drug-likeness (QED) is 0.775. The highest BCUT2D eigenvalue weighted by Gasteiger charge is 2.45. The number of aliphatic imine (C=N–C) groups is 1. The van der Waals surface area contributed by atoms with E-state index in [9.17, 15) is 0 Å². The zero-order valence-electron chi connectivity index (χ0n) is 12.2. The van der Waals surface area contributed by atoms with Crippen LogP contribution in [0.25, 0.3) is 0 Å². The summed E-state index contributed by atoms with van der Waals surface area (Å²) in [6, 6.07) is 0.318. The second-order valence-electron chi connectivity index (χ2n) is 6.06. The van der Waals surface area contributed by atoms with Crippen LogP contribution < -0.4 is 5.73 Å². The number of rotatable bonds is 2. The Kier molecular flexibility index (Phi) is 3.32. The molecule has 1 heterocycles. The van der Waals surface area contributed by atoms with Crippen molar-refractivity contribution in [1.82, 2.24) is 0 Å². The van der Waals surface area contributed by atoms with E-state index in [1.54, 1.807) is 0 Å². The van der Waals surface area contributed by atoms with Crippen LogP contribution in [-0.4, -0.2) is 26.0 Å². The molecule has 3 unspecified atom stereocenters. The van der Waals surface area contributed by atoms with Crippen molar-refractivity contribution in [1.29, 1.82) is 0 Å². The summed E-state index contributed by atoms with van der Waals surface area (Å²) < 4.78 is 5.55. The van der Waals surface area contributed by atoms with Crippen LogP contribution in [-0.2, 0) is 4.74 Å². The first-order valence-electron chi connectivity index (χ1n) is 7.32. The maximum Gasteiger partial charge on any atom is 0.283 e. The van der Waals surface area contributed by atoms with E-state index in [0.29, 0.717) is 24.5 Å². The van der Waals surface area contributed by atoms with Crippen LogP contribution in [0.3, 0.4) is 0 Å². The molecule has 3 nitrogen and oxygen atoms in total. The van der Waals surface area contributed by atoms with Crippen LogP contribution in [0.2, 0.25) is 0 Å². The normalized spacial score (nSPS) is 36.1. The molecular weight excluding hydrogens is 247 g/mol. The first kappa shape index (κ1) is 13.3. The minimum atomic E-state index is -0.346. The molecule has 0 fully saturated rings. The van der Waals surface area contributed by atoms with Crippen molar-refractivity contribution in [3.63, 3.8) is 0 Å². The Morgan fingerprint density at radius 3 is 2.75 bits per heavy atom. The monoisotopic (exact) mass is 268 g/mol. The number of allylic oxidation sites excluding steroid dienone is 5. The second kappa shape index (κ2) is 5.00. The molecule has 0 aromatic rings. The van der Waals surface area contributed by atoms with Gasteiger partial charge in [0.25, 0.3) is 6.02 Å². The summed E-state index contributed by atoms with van der Waals surface area (Å²) in [6.07, 6.45) is 15.5. The minimum Gasteiger partial charge on any atom is -0.462 e. The van der Waals surface area contributed by atoms with Crippen LogP contribution in [0.1, 0.15) is 19.8 Å². The highest BCUT2D eigenvalue weighted by molar-refractivity contribution is 6.23. The molecule has 2 N–H and O–H groups in total. The number of ether oxygens (including phenoxy) is 1. The topological polar surface area (TPSA) is 47.6 Å². The fourth-order valence-corrected chi connectivity index (χ4v) is 3.30. The summed E-state index contributed by atoms with van der Waals surface area (Å²) in [7, 11) is 2.13. The first-order chi connectivity index (χ1) is 9.60. The zero-order chi connectivity index (χ0) is 14.2. The summed E-state index contributed by atoms with van der Waals surface area (Å²) in [5.74, 6) is 0.864. The van der Waals surface area contributed by atoms with Crippen LogP contribution in [0.5, 0.6) is 0 Å². The Hall–Kier alpha value is -1.71. The lowest BCUT2D eigenvalue weighted by Gasteiger charge is -2.35. The van der Waals surface area contributed by atoms with Gasteiger partial charge < -0.3 is 10.5 Å². The minimum absolute atomic E-state index is 0.315. The van der Waals surface area contributed by atoms with E-state index in [1.807, 2.05) is 0 Å². The standard InChI is InChI=1S/C16H21BN2O/c1-11-4-2-5-12(8-11)16(10-20-15(18)19-16)13-6-3-7-14(17)9-13/h2-3,5,7-9,11,13H,4,6,10,17H2,1H3,(H2,18,19). The molecule has 4 heteroatoms. The summed E-state index contributed by atoms with van der Waals surface area (Å²) in [5.41, 5.74) is 8.02. The number of nitrogens with two attached hydrogens (primary N) is 1. The van der Waals surface area contributed by atoms with Gasteiger partial charge in [-0.2, -0.15) is 0 Å². The van der Waals surface area contributed by atoms with Gasteiger partial charge >= 0.3 is 0 Å². The third kappa shape index (κ3) is 2.24. The predicted molar refractivity (Wildman–Crippen MR) is 85.2 cm³/mol. The Morgan fingerprint density at radius 2 is 2.10 bits per heavy atom. The fraction of sp³-hybridized carbons (Fsp3) is 0.438. The number of nitrogens with zero attached hydrogens (tertiary/aromatic N) is 1. The van der Waals surface area contributed by atoms with Gasteiger partial charge in [-0.1, -0.05) is 48.9 Å². The maximum atomic E-state index is 5.83. The molecule has 0 aromatic carbocycles. The third-order valence-corrected chi connectivity index (χ3v) is 4.37. The molecule has 0 saturated carbocycles. The smallest absolute Gasteiger partial charge is 0.283 e. The first-order valence-corrected chi connectivity index (χ1v) is 7.32. The van der Waals surface area contributed by atoms with Crippen molar-refractivity contribution >= 4 is 13.9 Å². The maximum absolute atomic E-state index is 5.83. The van der Waals surface area contributed by atoms with E-state index in [-0.39, 0.29) is 5.54 Å². The van der Waals surface area contributed by atoms with E-state index in [1.165, 1.54) is 11.0 Å². The average Bonchev–Trinajstić information content (AvgIpc) is 2.82. The molecule has 3 atom stereocenters. The van der Waals surface area contributed by atoms with Crippen molar-refractivity contribution < 1.29 is 4.74 Å².